The van der Waals surface area contributed by atoms with Crippen molar-refractivity contribution in [3.8, 4) is 5.75 Å². The highest BCUT2D eigenvalue weighted by molar-refractivity contribution is 8.00. The third-order valence-electron chi connectivity index (χ3n) is 4.36. The van der Waals surface area contributed by atoms with Crippen LogP contribution in [0.3, 0.4) is 0 Å². The second-order valence-electron chi connectivity index (χ2n) is 6.46. The van der Waals surface area contributed by atoms with Gasteiger partial charge < -0.3 is 15.4 Å². The van der Waals surface area contributed by atoms with E-state index < -0.39 is 0 Å². The van der Waals surface area contributed by atoms with Gasteiger partial charge in [0.2, 0.25) is 5.91 Å². The first-order chi connectivity index (χ1) is 14.5. The van der Waals surface area contributed by atoms with Crippen LogP contribution < -0.4 is 15.4 Å². The summed E-state index contributed by atoms with van der Waals surface area (Å²) in [5.74, 6) is 0.563. The Morgan fingerprint density at radius 3 is 2.47 bits per heavy atom. The van der Waals surface area contributed by atoms with Gasteiger partial charge in [0.15, 0.2) is 0 Å². The summed E-state index contributed by atoms with van der Waals surface area (Å²) < 4.78 is 5.14. The van der Waals surface area contributed by atoms with Gasteiger partial charge in [-0.05, 0) is 67.1 Å². The molecule has 0 saturated carbocycles. The minimum absolute atomic E-state index is 0.110. The predicted molar refractivity (Wildman–Crippen MR) is 123 cm³/mol. The van der Waals surface area contributed by atoms with Crippen LogP contribution in [0.2, 0.25) is 5.02 Å². The zero-order valence-corrected chi connectivity index (χ0v) is 18.1. The third kappa shape index (κ3) is 5.78. The summed E-state index contributed by atoms with van der Waals surface area (Å²) in [4.78, 5) is 25.5. The number of ether oxygens (including phenoxy) is 1. The van der Waals surface area contributed by atoms with Gasteiger partial charge in [0.1, 0.15) is 5.75 Å². The quantitative estimate of drug-likeness (QED) is 0.466. The Bertz CT molecular complexity index is 1050. The molecule has 3 rings (SSSR count). The molecule has 154 valence electrons. The van der Waals surface area contributed by atoms with Crippen molar-refractivity contribution in [3.63, 3.8) is 0 Å². The normalized spacial score (nSPS) is 10.4. The molecule has 5 nitrogen and oxygen atoms in total. The SMILES string of the molecule is COc1cccc(C(=O)Nc2ccc(SCC(=O)Nc3cccc(Cl)c3C)cc2)c1. The lowest BCUT2D eigenvalue weighted by Crippen LogP contribution is -2.14. The Labute approximate surface area is 184 Å². The Balaban J connectivity index is 1.53. The fraction of sp³-hybridized carbons (Fsp3) is 0.130. The summed E-state index contributed by atoms with van der Waals surface area (Å²) in [6, 6.07) is 19.7. The average molecular weight is 441 g/mol. The van der Waals surface area contributed by atoms with Crippen molar-refractivity contribution in [2.24, 2.45) is 0 Å². The van der Waals surface area contributed by atoms with Crippen LogP contribution in [0.25, 0.3) is 0 Å². The van der Waals surface area contributed by atoms with E-state index in [0.717, 1.165) is 10.5 Å². The van der Waals surface area contributed by atoms with Gasteiger partial charge in [-0.1, -0.05) is 23.7 Å². The van der Waals surface area contributed by atoms with Gasteiger partial charge in [-0.25, -0.2) is 0 Å². The number of benzene rings is 3. The van der Waals surface area contributed by atoms with Crippen molar-refractivity contribution < 1.29 is 14.3 Å². The van der Waals surface area contributed by atoms with E-state index >= 15 is 0 Å². The number of anilines is 2. The number of hydrogen-bond donors (Lipinski definition) is 2. The van der Waals surface area contributed by atoms with E-state index in [1.807, 2.05) is 25.1 Å². The average Bonchev–Trinajstić information content (AvgIpc) is 2.76. The second kappa shape index (κ2) is 10.2. The molecule has 0 saturated heterocycles. The number of carbonyl (C=O) groups excluding carboxylic acids is 2. The predicted octanol–water partition coefficient (Wildman–Crippen LogP) is 5.64. The Kier molecular flexibility index (Phi) is 7.38. The van der Waals surface area contributed by atoms with Crippen molar-refractivity contribution in [2.45, 2.75) is 11.8 Å². The molecule has 0 atom stereocenters. The van der Waals surface area contributed by atoms with E-state index in [1.165, 1.54) is 11.8 Å². The van der Waals surface area contributed by atoms with Gasteiger partial charge >= 0.3 is 0 Å². The highest BCUT2D eigenvalue weighted by atomic mass is 35.5. The number of halogens is 1. The lowest BCUT2D eigenvalue weighted by atomic mass is 10.2. The highest BCUT2D eigenvalue weighted by Crippen LogP contribution is 2.24. The molecule has 2 N–H and O–H groups in total. The van der Waals surface area contributed by atoms with Gasteiger partial charge in [0.05, 0.1) is 12.9 Å². The second-order valence-corrected chi connectivity index (χ2v) is 7.92. The maximum absolute atomic E-state index is 12.4. The molecule has 30 heavy (non-hydrogen) atoms. The molecular formula is C23H21ClN2O3S. The van der Waals surface area contributed by atoms with E-state index in [1.54, 1.807) is 55.6 Å². The molecule has 0 fully saturated rings. The number of methoxy groups -OCH3 is 1. The topological polar surface area (TPSA) is 67.4 Å². The van der Waals surface area contributed by atoms with Crippen LogP contribution in [0, 0.1) is 6.92 Å². The Hall–Kier alpha value is -2.96. The first kappa shape index (κ1) is 21.7. The van der Waals surface area contributed by atoms with Crippen molar-refractivity contribution in [3.05, 3.63) is 82.9 Å². The number of amides is 2. The van der Waals surface area contributed by atoms with E-state index in [0.29, 0.717) is 27.7 Å². The molecule has 0 aliphatic heterocycles. The lowest BCUT2D eigenvalue weighted by molar-refractivity contribution is -0.113. The smallest absolute Gasteiger partial charge is 0.255 e. The maximum Gasteiger partial charge on any atom is 0.255 e. The fourth-order valence-electron chi connectivity index (χ4n) is 2.68. The number of thioether (sulfide) groups is 1. The standard InChI is InChI=1S/C23H21ClN2O3S/c1-15-20(24)7-4-8-21(15)26-22(27)14-30-19-11-9-17(10-12-19)25-23(28)16-5-3-6-18(13-16)29-2/h3-13H,14H2,1-2H3,(H,25,28)(H,26,27). The summed E-state index contributed by atoms with van der Waals surface area (Å²) in [7, 11) is 1.56. The van der Waals surface area contributed by atoms with Gasteiger partial charge in [-0.3, -0.25) is 9.59 Å². The van der Waals surface area contributed by atoms with Crippen molar-refractivity contribution >= 4 is 46.6 Å². The molecule has 0 aliphatic carbocycles. The van der Waals surface area contributed by atoms with Gasteiger partial charge in [0.25, 0.3) is 5.91 Å². The van der Waals surface area contributed by atoms with Crippen LogP contribution in [-0.4, -0.2) is 24.7 Å². The van der Waals surface area contributed by atoms with Gasteiger partial charge in [0, 0.05) is 26.9 Å². The third-order valence-corrected chi connectivity index (χ3v) is 5.78. The number of nitrogens with one attached hydrogen (secondary N) is 2. The lowest BCUT2D eigenvalue weighted by Gasteiger charge is -2.10. The van der Waals surface area contributed by atoms with Gasteiger partial charge in [-0.15, -0.1) is 11.8 Å². The number of hydrogen-bond acceptors (Lipinski definition) is 4. The Morgan fingerprint density at radius 1 is 1.00 bits per heavy atom. The van der Waals surface area contributed by atoms with Crippen molar-refractivity contribution in [1.29, 1.82) is 0 Å². The molecule has 0 aliphatic rings. The molecule has 3 aromatic rings. The number of rotatable bonds is 7. The number of carbonyl (C=O) groups is 2. The summed E-state index contributed by atoms with van der Waals surface area (Å²) in [6.45, 7) is 1.86. The molecule has 2 amide bonds. The maximum atomic E-state index is 12.4. The minimum atomic E-state index is -0.217. The molecule has 3 aromatic carbocycles. The molecule has 0 spiro atoms. The molecule has 0 aromatic heterocycles. The van der Waals surface area contributed by atoms with Crippen LogP contribution in [0.15, 0.2) is 71.6 Å². The zero-order chi connectivity index (χ0) is 21.5. The van der Waals surface area contributed by atoms with E-state index in [2.05, 4.69) is 10.6 Å². The minimum Gasteiger partial charge on any atom is -0.497 e. The van der Waals surface area contributed by atoms with Crippen molar-refractivity contribution in [2.75, 3.05) is 23.5 Å². The molecular weight excluding hydrogens is 420 g/mol. The van der Waals surface area contributed by atoms with Gasteiger partial charge in [-0.2, -0.15) is 0 Å². The van der Waals surface area contributed by atoms with Crippen LogP contribution in [0.4, 0.5) is 11.4 Å². The van der Waals surface area contributed by atoms with E-state index in [-0.39, 0.29) is 17.6 Å². The monoisotopic (exact) mass is 440 g/mol. The van der Waals surface area contributed by atoms with Crippen molar-refractivity contribution in [1.82, 2.24) is 0 Å². The highest BCUT2D eigenvalue weighted by Gasteiger charge is 2.09. The Morgan fingerprint density at radius 2 is 1.73 bits per heavy atom. The zero-order valence-electron chi connectivity index (χ0n) is 16.6. The fourth-order valence-corrected chi connectivity index (χ4v) is 3.55. The molecule has 7 heteroatoms. The van der Waals surface area contributed by atoms with Crippen LogP contribution in [0.1, 0.15) is 15.9 Å². The molecule has 0 bridgehead atoms. The van der Waals surface area contributed by atoms with Crippen LogP contribution in [-0.2, 0) is 4.79 Å². The first-order valence-corrected chi connectivity index (χ1v) is 10.6. The first-order valence-electron chi connectivity index (χ1n) is 9.19. The van der Waals surface area contributed by atoms with E-state index in [4.69, 9.17) is 16.3 Å². The summed E-state index contributed by atoms with van der Waals surface area (Å²) in [5.41, 5.74) is 2.74. The largest absolute Gasteiger partial charge is 0.497 e. The summed E-state index contributed by atoms with van der Waals surface area (Å²) in [5, 5.41) is 6.34. The van der Waals surface area contributed by atoms with Crippen LogP contribution in [0.5, 0.6) is 5.75 Å². The van der Waals surface area contributed by atoms with Crippen LogP contribution >= 0.6 is 23.4 Å². The molecule has 0 unspecified atom stereocenters. The summed E-state index contributed by atoms with van der Waals surface area (Å²) >= 11 is 7.50. The molecule has 0 heterocycles. The van der Waals surface area contributed by atoms with E-state index in [9.17, 15) is 9.59 Å². The summed E-state index contributed by atoms with van der Waals surface area (Å²) in [6.07, 6.45) is 0. The molecule has 0 radical (unpaired) electrons.